The van der Waals surface area contributed by atoms with Crippen molar-refractivity contribution >= 4 is 78.9 Å². The van der Waals surface area contributed by atoms with Gasteiger partial charge in [-0.3, -0.25) is 4.46 Å². The first-order chi connectivity index (χ1) is 7.20. The van der Waals surface area contributed by atoms with E-state index in [9.17, 15) is 4.11 Å². The molecule has 0 bridgehead atoms. The molecule has 0 aliphatic heterocycles. The number of halogens is 7. The Morgan fingerprint density at radius 3 is 0.882 bits per heavy atom. The summed E-state index contributed by atoms with van der Waals surface area (Å²) in [4.78, 5) is 6.94. The van der Waals surface area contributed by atoms with Crippen molar-refractivity contribution in [1.82, 2.24) is 0 Å². The average molecular weight is 436 g/mol. The van der Waals surface area contributed by atoms with Gasteiger partial charge in [-0.1, -0.05) is 0 Å². The van der Waals surface area contributed by atoms with Crippen LogP contribution in [0.1, 0.15) is 0 Å². The van der Waals surface area contributed by atoms with E-state index in [1.54, 1.807) is 0 Å². The van der Waals surface area contributed by atoms with Crippen LogP contribution in [0.25, 0.3) is 0 Å². The molecule has 98 valence electrons. The third-order valence-electron chi connectivity index (χ3n) is 1.83. The topological polar surface area (TPSA) is 37.3 Å². The summed E-state index contributed by atoms with van der Waals surface area (Å²) in [6, 6.07) is 0. The summed E-state index contributed by atoms with van der Waals surface area (Å²) in [6.07, 6.45) is 0. The van der Waals surface area contributed by atoms with Gasteiger partial charge in [0.1, 0.15) is 0 Å². The van der Waals surface area contributed by atoms with Crippen LogP contribution in [0.15, 0.2) is 0 Å². The maximum atomic E-state index is 10.1. The fourth-order valence-corrected chi connectivity index (χ4v) is 3.38. The van der Waals surface area contributed by atoms with Crippen molar-refractivity contribution in [3.05, 3.63) is 0 Å². The second-order valence-electron chi connectivity index (χ2n) is 2.92. The van der Waals surface area contributed by atoms with E-state index in [4.69, 9.17) is 78.9 Å². The molecule has 1 fully saturated rings. The van der Waals surface area contributed by atoms with E-state index in [2.05, 4.69) is 0 Å². The van der Waals surface area contributed by atoms with Crippen LogP contribution in [0.3, 0.4) is 0 Å². The molecule has 0 aromatic rings. The van der Waals surface area contributed by atoms with Gasteiger partial charge in [-0.05, 0) is 0 Å². The largest absolute Gasteiger partial charge is 0.734 e. The Morgan fingerprint density at radius 1 is 0.765 bits per heavy atom. The van der Waals surface area contributed by atoms with Crippen LogP contribution < -0.4 is 0 Å². The average Bonchev–Trinajstić information content (AvgIpc) is 2.20. The van der Waals surface area contributed by atoms with Crippen LogP contribution in [-0.4, -0.2) is 46.3 Å². The molecule has 1 aliphatic carbocycles. The van der Waals surface area contributed by atoms with Crippen LogP contribution in [0, 0.1) is 0 Å². The molecule has 1 N–H and O–H groups in total. The fourth-order valence-electron chi connectivity index (χ4n) is 1.05. The zero-order chi connectivity index (χ0) is 13.0. The zero-order valence-electron chi connectivity index (χ0n) is 8.17. The first-order valence-electron chi connectivity index (χ1n) is 3.93. The minimum absolute atomic E-state index is 0. The number of rotatable bonds is 0. The molecule has 0 atom stereocenters. The molecule has 1 rings (SSSR count). The summed E-state index contributed by atoms with van der Waals surface area (Å²) in [5, 5.41) is -2.62. The second-order valence-corrected chi connectivity index (χ2v) is 6.45. The van der Waals surface area contributed by atoms with E-state index in [0.29, 0.717) is 0 Å². The molecule has 0 saturated heterocycles. The van der Waals surface area contributed by atoms with Gasteiger partial charge in [-0.25, -0.2) is 0 Å². The van der Waals surface area contributed by atoms with Crippen molar-refractivity contribution in [2.45, 2.75) is 32.3 Å². The van der Waals surface area contributed by atoms with Crippen LogP contribution in [0.2, 0.25) is 0 Å². The monoisotopic (exact) mass is 432 g/mol. The van der Waals surface area contributed by atoms with Gasteiger partial charge < -0.3 is 4.80 Å². The van der Waals surface area contributed by atoms with E-state index in [-0.39, 0.29) is 19.5 Å². The normalized spacial score (nSPS) is 40.6. The van der Waals surface area contributed by atoms with Gasteiger partial charge in [0, 0.05) is 19.5 Å². The van der Waals surface area contributed by atoms with Gasteiger partial charge in [-0.2, -0.15) is 4.11 Å². The van der Waals surface area contributed by atoms with Crippen molar-refractivity contribution in [3.63, 3.8) is 0 Å². The molecule has 0 radical (unpaired) electrons. The fraction of sp³-hybridized carbons (Fsp3) is 1.00. The molecule has 2 nitrogen and oxygen atoms in total. The number of hydrogen-bond donors (Lipinski definition) is 1. The maximum absolute atomic E-state index is 10.1. The molecule has 11 heteroatoms. The quantitative estimate of drug-likeness (QED) is 0.360. The molecule has 1 aliphatic rings. The van der Waals surface area contributed by atoms with Crippen LogP contribution >= 0.6 is 69.6 Å². The van der Waals surface area contributed by atoms with Gasteiger partial charge in [0.05, 0.1) is 32.3 Å². The second kappa shape index (κ2) is 9.93. The first-order valence-corrected chi connectivity index (χ1v) is 7.78. The molecule has 17 heavy (non-hydrogen) atoms. The molecular formula is C6H7Cl6FO2SiZn. The molecule has 0 unspecified atom stereocenters. The Balaban J connectivity index is 0. The third kappa shape index (κ3) is 6.89. The van der Waals surface area contributed by atoms with E-state index in [0.717, 1.165) is 0 Å². The molecule has 0 amide bonds. The minimum atomic E-state index is -3.63. The van der Waals surface area contributed by atoms with Crippen molar-refractivity contribution in [1.29, 1.82) is 0 Å². The molecule has 0 aromatic carbocycles. The van der Waals surface area contributed by atoms with Crippen LogP contribution in [0.4, 0.5) is 4.11 Å². The van der Waals surface area contributed by atoms with Crippen LogP contribution in [-0.2, 0) is 23.9 Å². The Kier molecular flexibility index (Phi) is 12.5. The van der Waals surface area contributed by atoms with E-state index in [1.165, 1.54) is 0 Å². The standard InChI is InChI=1S/C6H6Cl6.FHO2Si.Zn/c7-1-2(8)4(10)6(12)5(11)3(1)9;1-4(2)3;/h1-6H;2H;/t1-,2-,3-,4+,5+,6+;;. The molecule has 0 aromatic heterocycles. The van der Waals surface area contributed by atoms with Crippen molar-refractivity contribution in [2.75, 3.05) is 0 Å². The smallest absolute Gasteiger partial charge is 0.517 e. The van der Waals surface area contributed by atoms with Crippen molar-refractivity contribution in [3.8, 4) is 0 Å². The van der Waals surface area contributed by atoms with Gasteiger partial charge >= 0.3 is 9.26 Å². The van der Waals surface area contributed by atoms with Crippen LogP contribution in [0.5, 0.6) is 0 Å². The third-order valence-corrected chi connectivity index (χ3v) is 5.86. The summed E-state index contributed by atoms with van der Waals surface area (Å²) >= 11 is 35.3. The molecule has 0 spiro atoms. The van der Waals surface area contributed by atoms with Gasteiger partial charge in [0.2, 0.25) is 0 Å². The SMILES string of the molecule is Cl[C@H]1[C@H](Cl)[C@@H](Cl)[C@@H](Cl)[C@H](Cl)[C@H]1Cl.O=[Si](O)F.[Zn]. The van der Waals surface area contributed by atoms with Gasteiger partial charge in [0.15, 0.2) is 0 Å². The summed E-state index contributed by atoms with van der Waals surface area (Å²) in [7, 11) is -3.63. The Bertz CT molecular complexity index is 190. The van der Waals surface area contributed by atoms with Gasteiger partial charge in [0.25, 0.3) is 0 Å². The summed E-state index contributed by atoms with van der Waals surface area (Å²) < 4.78 is 18.6. The summed E-state index contributed by atoms with van der Waals surface area (Å²) in [5.41, 5.74) is 0. The van der Waals surface area contributed by atoms with Crippen molar-refractivity contribution in [2.24, 2.45) is 0 Å². The van der Waals surface area contributed by atoms with E-state index < -0.39 is 41.5 Å². The predicted octanol–water partition coefficient (Wildman–Crippen LogP) is 3.01. The molecule has 0 heterocycles. The van der Waals surface area contributed by atoms with Gasteiger partial charge in [-0.15, -0.1) is 69.6 Å². The van der Waals surface area contributed by atoms with E-state index in [1.807, 2.05) is 0 Å². The summed E-state index contributed by atoms with van der Waals surface area (Å²) in [6.45, 7) is 0. The number of alkyl halides is 6. The Morgan fingerprint density at radius 2 is 0.824 bits per heavy atom. The summed E-state index contributed by atoms with van der Waals surface area (Å²) in [5.74, 6) is 0. The number of hydrogen-bond acceptors (Lipinski definition) is 1. The zero-order valence-corrected chi connectivity index (χ0v) is 16.7. The molecular weight excluding hydrogens is 429 g/mol. The van der Waals surface area contributed by atoms with E-state index >= 15 is 0 Å². The van der Waals surface area contributed by atoms with Crippen molar-refractivity contribution < 1.29 is 32.8 Å². The molecule has 1 saturated carbocycles. The first kappa shape index (κ1) is 21.4. The predicted molar refractivity (Wildman–Crippen MR) is 67.6 cm³/mol. The Labute approximate surface area is 143 Å². The Hall–Kier alpha value is 2.11. The minimum Gasteiger partial charge on any atom is -0.517 e. The maximum Gasteiger partial charge on any atom is 0.734 e.